The zero-order valence-electron chi connectivity index (χ0n) is 13.1. The zero-order chi connectivity index (χ0) is 16.6. The molecule has 2 amide bonds. The van der Waals surface area contributed by atoms with Crippen molar-refractivity contribution in [3.05, 3.63) is 29.8 Å². The van der Waals surface area contributed by atoms with Crippen LogP contribution in [0.5, 0.6) is 0 Å². The van der Waals surface area contributed by atoms with Crippen molar-refractivity contribution in [2.24, 2.45) is 5.92 Å². The summed E-state index contributed by atoms with van der Waals surface area (Å²) >= 11 is 0. The van der Waals surface area contributed by atoms with E-state index in [4.69, 9.17) is 0 Å². The highest BCUT2D eigenvalue weighted by Gasteiger charge is 2.42. The van der Waals surface area contributed by atoms with Crippen LogP contribution in [0.3, 0.4) is 0 Å². The molecule has 23 heavy (non-hydrogen) atoms. The smallest absolute Gasteiger partial charge is 0.326 e. The maximum atomic E-state index is 12.6. The van der Waals surface area contributed by atoms with Crippen molar-refractivity contribution in [1.82, 2.24) is 4.90 Å². The highest BCUT2D eigenvalue weighted by atomic mass is 16.4. The standard InChI is InChI=1S/C17H20N2O4/c1-11-4-6-13(7-5-11)19-10-12(9-15(19)20)16(21)18-8-2-3-14(18)17(22)23/h4-7,12,14H,2-3,8-10H2,1H3,(H,22,23). The molecule has 1 aromatic rings. The number of anilines is 1. The van der Waals surface area contributed by atoms with Gasteiger partial charge in [-0.15, -0.1) is 0 Å². The van der Waals surface area contributed by atoms with Gasteiger partial charge in [0.2, 0.25) is 11.8 Å². The topological polar surface area (TPSA) is 77.9 Å². The number of carboxylic acid groups (broad SMARTS) is 1. The molecule has 0 aromatic heterocycles. The lowest BCUT2D eigenvalue weighted by molar-refractivity contribution is -0.149. The molecule has 0 saturated carbocycles. The van der Waals surface area contributed by atoms with E-state index in [1.54, 1.807) is 4.90 Å². The molecule has 3 rings (SSSR count). The first-order valence-electron chi connectivity index (χ1n) is 7.87. The van der Waals surface area contributed by atoms with Gasteiger partial charge in [0.05, 0.1) is 5.92 Å². The summed E-state index contributed by atoms with van der Waals surface area (Å²) in [5.74, 6) is -1.71. The monoisotopic (exact) mass is 316 g/mol. The first-order chi connectivity index (χ1) is 11.0. The van der Waals surface area contributed by atoms with Crippen LogP contribution in [0.2, 0.25) is 0 Å². The van der Waals surface area contributed by atoms with Crippen LogP contribution in [0.4, 0.5) is 5.69 Å². The molecule has 2 unspecified atom stereocenters. The van der Waals surface area contributed by atoms with Crippen molar-refractivity contribution in [2.75, 3.05) is 18.0 Å². The van der Waals surface area contributed by atoms with E-state index >= 15 is 0 Å². The highest BCUT2D eigenvalue weighted by Crippen LogP contribution is 2.29. The summed E-state index contributed by atoms with van der Waals surface area (Å²) in [7, 11) is 0. The number of carbonyl (C=O) groups is 3. The molecule has 122 valence electrons. The maximum Gasteiger partial charge on any atom is 0.326 e. The van der Waals surface area contributed by atoms with E-state index in [-0.39, 0.29) is 18.2 Å². The van der Waals surface area contributed by atoms with Crippen LogP contribution >= 0.6 is 0 Å². The van der Waals surface area contributed by atoms with Crippen LogP contribution in [0.15, 0.2) is 24.3 Å². The van der Waals surface area contributed by atoms with Gasteiger partial charge in [-0.3, -0.25) is 9.59 Å². The van der Waals surface area contributed by atoms with Crippen LogP contribution in [-0.4, -0.2) is 46.9 Å². The number of carboxylic acids is 1. The normalized spacial score (nSPS) is 24.3. The van der Waals surface area contributed by atoms with Gasteiger partial charge in [-0.2, -0.15) is 0 Å². The van der Waals surface area contributed by atoms with E-state index in [2.05, 4.69) is 0 Å². The average molecular weight is 316 g/mol. The summed E-state index contributed by atoms with van der Waals surface area (Å²) in [4.78, 5) is 39.2. The fourth-order valence-electron chi connectivity index (χ4n) is 3.37. The molecule has 0 bridgehead atoms. The number of aliphatic carboxylic acids is 1. The minimum Gasteiger partial charge on any atom is -0.480 e. The van der Waals surface area contributed by atoms with Crippen LogP contribution in [0, 0.1) is 12.8 Å². The quantitative estimate of drug-likeness (QED) is 0.915. The van der Waals surface area contributed by atoms with Gasteiger partial charge in [-0.05, 0) is 31.9 Å². The third-order valence-electron chi connectivity index (χ3n) is 4.64. The van der Waals surface area contributed by atoms with Gasteiger partial charge in [0.1, 0.15) is 6.04 Å². The Kier molecular flexibility index (Phi) is 4.07. The predicted octanol–water partition coefficient (Wildman–Crippen LogP) is 1.42. The van der Waals surface area contributed by atoms with E-state index < -0.39 is 17.9 Å². The molecule has 6 heteroatoms. The lowest BCUT2D eigenvalue weighted by Gasteiger charge is -2.24. The number of benzene rings is 1. The van der Waals surface area contributed by atoms with Gasteiger partial charge < -0.3 is 14.9 Å². The summed E-state index contributed by atoms with van der Waals surface area (Å²) in [5.41, 5.74) is 1.89. The van der Waals surface area contributed by atoms with Crippen LogP contribution in [0.1, 0.15) is 24.8 Å². The zero-order valence-corrected chi connectivity index (χ0v) is 13.1. The van der Waals surface area contributed by atoms with Crippen LogP contribution < -0.4 is 4.90 Å². The lowest BCUT2D eigenvalue weighted by atomic mass is 10.1. The third kappa shape index (κ3) is 2.93. The molecule has 2 aliphatic heterocycles. The Balaban J connectivity index is 1.73. The van der Waals surface area contributed by atoms with Crippen molar-refractivity contribution in [2.45, 2.75) is 32.2 Å². The van der Waals surface area contributed by atoms with Crippen LogP contribution in [-0.2, 0) is 14.4 Å². The van der Waals surface area contributed by atoms with Gasteiger partial charge in [0.25, 0.3) is 0 Å². The molecule has 2 atom stereocenters. The van der Waals surface area contributed by atoms with E-state index in [1.165, 1.54) is 4.90 Å². The fraction of sp³-hybridized carbons (Fsp3) is 0.471. The second-order valence-electron chi connectivity index (χ2n) is 6.27. The summed E-state index contributed by atoms with van der Waals surface area (Å²) in [6.45, 7) is 2.76. The lowest BCUT2D eigenvalue weighted by Crippen LogP contribution is -2.44. The Morgan fingerprint density at radius 3 is 2.57 bits per heavy atom. The van der Waals surface area contributed by atoms with Crippen molar-refractivity contribution < 1.29 is 19.5 Å². The van der Waals surface area contributed by atoms with E-state index in [0.717, 1.165) is 11.3 Å². The van der Waals surface area contributed by atoms with Crippen molar-refractivity contribution in [3.8, 4) is 0 Å². The summed E-state index contributed by atoms with van der Waals surface area (Å²) in [6, 6.07) is 6.86. The maximum absolute atomic E-state index is 12.6. The number of hydrogen-bond acceptors (Lipinski definition) is 3. The van der Waals surface area contributed by atoms with E-state index in [9.17, 15) is 19.5 Å². The molecule has 0 spiro atoms. The number of hydrogen-bond donors (Lipinski definition) is 1. The molecule has 2 heterocycles. The highest BCUT2D eigenvalue weighted by molar-refractivity contribution is 6.00. The molecule has 1 aromatic carbocycles. The Hall–Kier alpha value is -2.37. The van der Waals surface area contributed by atoms with Crippen molar-refractivity contribution in [3.63, 3.8) is 0 Å². The molecule has 1 N–H and O–H groups in total. The summed E-state index contributed by atoms with van der Waals surface area (Å²) in [6.07, 6.45) is 1.34. The molecule has 6 nitrogen and oxygen atoms in total. The molecular weight excluding hydrogens is 296 g/mol. The Morgan fingerprint density at radius 1 is 1.22 bits per heavy atom. The number of carbonyl (C=O) groups excluding carboxylic acids is 2. The molecule has 2 saturated heterocycles. The van der Waals surface area contributed by atoms with Gasteiger partial charge in [0.15, 0.2) is 0 Å². The van der Waals surface area contributed by atoms with Crippen molar-refractivity contribution >= 4 is 23.5 Å². The second-order valence-corrected chi connectivity index (χ2v) is 6.27. The Bertz CT molecular complexity index is 640. The number of rotatable bonds is 3. The molecule has 2 aliphatic rings. The molecule has 0 aliphatic carbocycles. The van der Waals surface area contributed by atoms with Gasteiger partial charge >= 0.3 is 5.97 Å². The summed E-state index contributed by atoms with van der Waals surface area (Å²) in [5, 5.41) is 9.21. The minimum absolute atomic E-state index is 0.0849. The number of nitrogens with zero attached hydrogens (tertiary/aromatic N) is 2. The van der Waals surface area contributed by atoms with Crippen molar-refractivity contribution in [1.29, 1.82) is 0 Å². The SMILES string of the molecule is Cc1ccc(N2CC(C(=O)N3CCCC3C(=O)O)CC2=O)cc1. The van der Waals surface area contributed by atoms with Gasteiger partial charge in [-0.1, -0.05) is 17.7 Å². The fourth-order valence-corrected chi connectivity index (χ4v) is 3.37. The largest absolute Gasteiger partial charge is 0.480 e. The van der Waals surface area contributed by atoms with Gasteiger partial charge in [-0.25, -0.2) is 4.79 Å². The Labute approximate surface area is 134 Å². The predicted molar refractivity (Wildman–Crippen MR) is 84.0 cm³/mol. The molecule has 0 radical (unpaired) electrons. The molecular formula is C17H20N2O4. The van der Waals surface area contributed by atoms with Gasteiger partial charge in [0, 0.05) is 25.2 Å². The number of aryl methyl sites for hydroxylation is 1. The van der Waals surface area contributed by atoms with E-state index in [1.807, 2.05) is 31.2 Å². The number of likely N-dealkylation sites (tertiary alicyclic amines) is 1. The first kappa shape index (κ1) is 15.5. The number of amides is 2. The minimum atomic E-state index is -0.962. The summed E-state index contributed by atoms with van der Waals surface area (Å²) < 4.78 is 0. The average Bonchev–Trinajstić information content (AvgIpc) is 3.14. The first-order valence-corrected chi connectivity index (χ1v) is 7.87. The second kappa shape index (κ2) is 6.02. The Morgan fingerprint density at radius 2 is 1.91 bits per heavy atom. The third-order valence-corrected chi connectivity index (χ3v) is 4.64. The van der Waals surface area contributed by atoms with E-state index in [0.29, 0.717) is 25.9 Å². The molecule has 2 fully saturated rings. The van der Waals surface area contributed by atoms with Crippen LogP contribution in [0.25, 0.3) is 0 Å².